The van der Waals surface area contributed by atoms with Crippen LogP contribution in [0.4, 0.5) is 4.79 Å². The number of hydrogen-bond acceptors (Lipinski definition) is 4. The fraction of sp³-hybridized carbons (Fsp3) is 0.520. The molecule has 7 nitrogen and oxygen atoms in total. The first-order valence-corrected chi connectivity index (χ1v) is 11.2. The molecule has 0 N–H and O–H groups in total. The molecule has 1 aromatic heterocycles. The average molecular weight is 442 g/mol. The van der Waals surface area contributed by atoms with Crippen molar-refractivity contribution < 1.29 is 19.1 Å². The predicted octanol–water partition coefficient (Wildman–Crippen LogP) is 4.52. The Kier molecular flexibility index (Phi) is 7.48. The van der Waals surface area contributed by atoms with Gasteiger partial charge in [0.2, 0.25) is 0 Å². The van der Waals surface area contributed by atoms with Gasteiger partial charge >= 0.3 is 6.09 Å². The van der Waals surface area contributed by atoms with E-state index in [2.05, 4.69) is 0 Å². The van der Waals surface area contributed by atoms with Crippen LogP contribution in [0.5, 0.6) is 5.75 Å². The van der Waals surface area contributed by atoms with Crippen LogP contribution in [0.25, 0.3) is 0 Å². The Morgan fingerprint density at radius 2 is 1.75 bits per heavy atom. The Labute approximate surface area is 190 Å². The maximum Gasteiger partial charge on any atom is 0.410 e. The summed E-state index contributed by atoms with van der Waals surface area (Å²) in [6, 6.07) is 11.8. The molecule has 0 spiro atoms. The number of aromatic nitrogens is 1. The molecule has 1 aromatic carbocycles. The summed E-state index contributed by atoms with van der Waals surface area (Å²) in [5, 5.41) is 0. The number of nitrogens with zero attached hydrogens (tertiary/aromatic N) is 3. The van der Waals surface area contributed by atoms with Gasteiger partial charge in [-0.25, -0.2) is 4.79 Å². The molecule has 3 rings (SSSR count). The van der Waals surface area contributed by atoms with Gasteiger partial charge in [0.15, 0.2) is 0 Å². The maximum absolute atomic E-state index is 13.1. The highest BCUT2D eigenvalue weighted by atomic mass is 16.6. The van der Waals surface area contributed by atoms with E-state index in [1.54, 1.807) is 16.8 Å². The summed E-state index contributed by atoms with van der Waals surface area (Å²) in [4.78, 5) is 28.8. The Hall–Kier alpha value is -2.96. The van der Waals surface area contributed by atoms with Crippen LogP contribution in [0, 0.1) is 6.92 Å². The molecule has 0 saturated carbocycles. The molecule has 1 saturated heterocycles. The second kappa shape index (κ2) is 10.1. The van der Waals surface area contributed by atoms with E-state index in [4.69, 9.17) is 9.47 Å². The fourth-order valence-electron chi connectivity index (χ4n) is 3.78. The number of aryl methyl sites for hydroxylation is 1. The number of benzene rings is 1. The number of carbonyl (C=O) groups excluding carboxylic acids is 2. The fourth-order valence-corrected chi connectivity index (χ4v) is 3.78. The first kappa shape index (κ1) is 23.7. The van der Waals surface area contributed by atoms with Crippen molar-refractivity contribution in [3.05, 3.63) is 53.9 Å². The lowest BCUT2D eigenvalue weighted by Gasteiger charge is -2.34. The van der Waals surface area contributed by atoms with Crippen LogP contribution < -0.4 is 4.74 Å². The highest BCUT2D eigenvalue weighted by Crippen LogP contribution is 2.26. The van der Waals surface area contributed by atoms with Gasteiger partial charge in [0.25, 0.3) is 5.91 Å². The third-order valence-electron chi connectivity index (χ3n) is 5.57. The molecule has 1 aliphatic rings. The van der Waals surface area contributed by atoms with Crippen LogP contribution in [0.3, 0.4) is 0 Å². The van der Waals surface area contributed by atoms with Gasteiger partial charge in [-0.2, -0.15) is 0 Å². The lowest BCUT2D eigenvalue weighted by Crippen LogP contribution is -2.42. The number of hydrogen-bond donors (Lipinski definition) is 0. The molecule has 0 unspecified atom stereocenters. The highest BCUT2D eigenvalue weighted by Gasteiger charge is 2.29. The zero-order valence-corrected chi connectivity index (χ0v) is 19.8. The van der Waals surface area contributed by atoms with Gasteiger partial charge in [0, 0.05) is 32.4 Å². The first-order chi connectivity index (χ1) is 15.1. The number of carbonyl (C=O) groups is 2. The zero-order valence-electron chi connectivity index (χ0n) is 19.8. The van der Waals surface area contributed by atoms with Crippen LogP contribution in [0.2, 0.25) is 0 Å². The number of likely N-dealkylation sites (N-methyl/N-ethyl adjacent to an activating group) is 1. The molecular formula is C25H35N3O4. The molecule has 0 bridgehead atoms. The van der Waals surface area contributed by atoms with E-state index in [1.807, 2.05) is 74.9 Å². The predicted molar refractivity (Wildman–Crippen MR) is 124 cm³/mol. The molecule has 32 heavy (non-hydrogen) atoms. The van der Waals surface area contributed by atoms with E-state index in [0.717, 1.165) is 18.6 Å². The SMILES string of the molecule is Cc1ccc(OCCN(C)C(=O)c2cccn2C2CCN(C(=O)OC(C)(C)C)CC2)cc1. The van der Waals surface area contributed by atoms with Crippen LogP contribution in [-0.4, -0.2) is 65.3 Å². The summed E-state index contributed by atoms with van der Waals surface area (Å²) < 4.78 is 13.3. The summed E-state index contributed by atoms with van der Waals surface area (Å²) in [5.41, 5.74) is 1.35. The monoisotopic (exact) mass is 441 g/mol. The second-order valence-corrected chi connectivity index (χ2v) is 9.39. The summed E-state index contributed by atoms with van der Waals surface area (Å²) in [6.45, 7) is 9.81. The molecule has 0 atom stereocenters. The van der Waals surface area contributed by atoms with Crippen LogP contribution in [-0.2, 0) is 4.74 Å². The molecule has 1 aliphatic heterocycles. The largest absolute Gasteiger partial charge is 0.492 e. The van der Waals surface area contributed by atoms with Gasteiger partial charge in [-0.15, -0.1) is 0 Å². The smallest absolute Gasteiger partial charge is 0.410 e. The molecule has 1 fully saturated rings. The molecule has 2 heterocycles. The average Bonchev–Trinajstić information content (AvgIpc) is 3.23. The van der Waals surface area contributed by atoms with E-state index < -0.39 is 5.60 Å². The minimum atomic E-state index is -0.498. The third kappa shape index (κ3) is 6.28. The Bertz CT molecular complexity index is 906. The number of piperidine rings is 1. The van der Waals surface area contributed by atoms with Gasteiger partial charge < -0.3 is 23.8 Å². The zero-order chi connectivity index (χ0) is 23.3. The minimum Gasteiger partial charge on any atom is -0.492 e. The number of amides is 2. The van der Waals surface area contributed by atoms with E-state index in [1.165, 1.54) is 5.56 Å². The maximum atomic E-state index is 13.1. The lowest BCUT2D eigenvalue weighted by molar-refractivity contribution is 0.0186. The second-order valence-electron chi connectivity index (χ2n) is 9.39. The summed E-state index contributed by atoms with van der Waals surface area (Å²) in [5.74, 6) is 0.772. The highest BCUT2D eigenvalue weighted by molar-refractivity contribution is 5.92. The van der Waals surface area contributed by atoms with Gasteiger partial charge in [-0.05, 0) is 64.8 Å². The Morgan fingerprint density at radius 1 is 1.09 bits per heavy atom. The molecule has 2 amide bonds. The Morgan fingerprint density at radius 3 is 2.38 bits per heavy atom. The molecule has 0 aliphatic carbocycles. The van der Waals surface area contributed by atoms with E-state index in [9.17, 15) is 9.59 Å². The topological polar surface area (TPSA) is 64.0 Å². The van der Waals surface area contributed by atoms with Crippen molar-refractivity contribution in [1.82, 2.24) is 14.4 Å². The molecule has 7 heteroatoms. The molecule has 174 valence electrons. The summed E-state index contributed by atoms with van der Waals surface area (Å²) >= 11 is 0. The molecular weight excluding hydrogens is 406 g/mol. The molecule has 0 radical (unpaired) electrons. The van der Waals surface area contributed by atoms with Crippen molar-refractivity contribution in [2.24, 2.45) is 0 Å². The van der Waals surface area contributed by atoms with Gasteiger partial charge in [-0.1, -0.05) is 17.7 Å². The number of ether oxygens (including phenoxy) is 2. The first-order valence-electron chi connectivity index (χ1n) is 11.2. The van der Waals surface area contributed by atoms with Crippen molar-refractivity contribution in [2.75, 3.05) is 33.3 Å². The van der Waals surface area contributed by atoms with Crippen molar-refractivity contribution in [2.45, 2.75) is 52.2 Å². The van der Waals surface area contributed by atoms with Gasteiger partial charge in [0.05, 0.1) is 6.54 Å². The summed E-state index contributed by atoms with van der Waals surface area (Å²) in [6.07, 6.45) is 3.26. The van der Waals surface area contributed by atoms with Crippen molar-refractivity contribution in [1.29, 1.82) is 0 Å². The van der Waals surface area contributed by atoms with E-state index >= 15 is 0 Å². The Balaban J connectivity index is 1.52. The van der Waals surface area contributed by atoms with Gasteiger partial charge in [-0.3, -0.25) is 4.79 Å². The van der Waals surface area contributed by atoms with Crippen molar-refractivity contribution in [3.8, 4) is 5.75 Å². The van der Waals surface area contributed by atoms with E-state index in [-0.39, 0.29) is 18.0 Å². The van der Waals surface area contributed by atoms with Crippen LogP contribution in [0.1, 0.15) is 55.7 Å². The number of likely N-dealkylation sites (tertiary alicyclic amines) is 1. The quantitative estimate of drug-likeness (QED) is 0.661. The normalized spacial score (nSPS) is 14.8. The lowest BCUT2D eigenvalue weighted by atomic mass is 10.0. The van der Waals surface area contributed by atoms with Crippen LogP contribution in [0.15, 0.2) is 42.6 Å². The van der Waals surface area contributed by atoms with Crippen molar-refractivity contribution in [3.63, 3.8) is 0 Å². The standard InChI is InChI=1S/C25H35N3O4/c1-19-8-10-21(11-9-19)31-18-17-26(5)23(29)22-7-6-14-28(22)20-12-15-27(16-13-20)24(30)32-25(2,3)4/h6-11,14,20H,12-13,15-18H2,1-5H3. The number of rotatable bonds is 6. The van der Waals surface area contributed by atoms with Gasteiger partial charge in [0.1, 0.15) is 23.7 Å². The van der Waals surface area contributed by atoms with Crippen molar-refractivity contribution >= 4 is 12.0 Å². The minimum absolute atomic E-state index is 0.0305. The summed E-state index contributed by atoms with van der Waals surface area (Å²) in [7, 11) is 1.79. The molecule has 2 aromatic rings. The van der Waals surface area contributed by atoms with E-state index in [0.29, 0.717) is 31.9 Å². The third-order valence-corrected chi connectivity index (χ3v) is 5.57. The van der Waals surface area contributed by atoms with Crippen LogP contribution >= 0.6 is 0 Å².